The summed E-state index contributed by atoms with van der Waals surface area (Å²) in [5.74, 6) is 6.47. The van der Waals surface area contributed by atoms with Crippen molar-refractivity contribution >= 4 is 21.8 Å². The Bertz CT molecular complexity index is 1310. The maximum absolute atomic E-state index is 6.10. The number of aryl methyl sites for hydroxylation is 1. The molecule has 0 aliphatic rings. The first-order chi connectivity index (χ1) is 13.6. The molecule has 0 fully saturated rings. The van der Waals surface area contributed by atoms with E-state index in [2.05, 4.69) is 79.3 Å². The van der Waals surface area contributed by atoms with Crippen LogP contribution in [-0.4, -0.2) is 14.6 Å². The molecular formula is C24H24N4. The fourth-order valence-corrected chi connectivity index (χ4v) is 4.49. The minimum Gasteiger partial charge on any atom is -0.361 e. The predicted molar refractivity (Wildman–Crippen MR) is 118 cm³/mol. The molecule has 3 aromatic heterocycles. The van der Waals surface area contributed by atoms with Gasteiger partial charge in [0.15, 0.2) is 0 Å². The molecule has 0 aliphatic carbocycles. The maximum Gasteiger partial charge on any atom is 0.0696 e. The van der Waals surface area contributed by atoms with Crippen LogP contribution in [0.4, 0.5) is 0 Å². The van der Waals surface area contributed by atoms with Crippen LogP contribution in [0.5, 0.6) is 0 Å². The van der Waals surface area contributed by atoms with Crippen LogP contribution in [0.25, 0.3) is 44.2 Å². The highest BCUT2D eigenvalue weighted by molar-refractivity contribution is 6.01. The Hall–Kier alpha value is -3.40. The number of hydrogen-bond donors (Lipinski definition) is 3. The summed E-state index contributed by atoms with van der Waals surface area (Å²) in [5.41, 5.74) is 9.70. The zero-order chi connectivity index (χ0) is 19.4. The smallest absolute Gasteiger partial charge is 0.0696 e. The first-order valence-electron chi connectivity index (χ1n) is 9.70. The zero-order valence-electron chi connectivity index (χ0n) is 16.4. The second-order valence-corrected chi connectivity index (χ2v) is 7.77. The largest absolute Gasteiger partial charge is 0.361 e. The third-order valence-electron chi connectivity index (χ3n) is 5.70. The van der Waals surface area contributed by atoms with Crippen LogP contribution in [-0.2, 0) is 0 Å². The molecule has 4 heteroatoms. The van der Waals surface area contributed by atoms with Crippen molar-refractivity contribution in [2.75, 3.05) is 5.84 Å². The van der Waals surface area contributed by atoms with E-state index in [1.807, 2.05) is 12.4 Å². The summed E-state index contributed by atoms with van der Waals surface area (Å²) in [7, 11) is 0. The van der Waals surface area contributed by atoms with Gasteiger partial charge in [0.1, 0.15) is 0 Å². The molecule has 0 aliphatic heterocycles. The van der Waals surface area contributed by atoms with Crippen molar-refractivity contribution in [3.63, 3.8) is 0 Å². The lowest BCUT2D eigenvalue weighted by Gasteiger charge is -2.13. The summed E-state index contributed by atoms with van der Waals surface area (Å²) in [6, 6.07) is 17.0. The highest BCUT2D eigenvalue weighted by Gasteiger charge is 2.23. The van der Waals surface area contributed by atoms with Crippen LogP contribution in [0, 0.1) is 6.92 Å². The molecule has 140 valence electrons. The van der Waals surface area contributed by atoms with Crippen molar-refractivity contribution in [3.8, 4) is 22.4 Å². The van der Waals surface area contributed by atoms with Gasteiger partial charge in [-0.2, -0.15) is 0 Å². The number of aromatic amines is 2. The van der Waals surface area contributed by atoms with Gasteiger partial charge in [-0.25, -0.2) is 0 Å². The summed E-state index contributed by atoms with van der Waals surface area (Å²) in [6.45, 7) is 6.70. The number of nitrogens with zero attached hydrogens (tertiary/aromatic N) is 1. The van der Waals surface area contributed by atoms with Gasteiger partial charge in [-0.15, -0.1) is 0 Å². The predicted octanol–water partition coefficient (Wildman–Crippen LogP) is 5.93. The summed E-state index contributed by atoms with van der Waals surface area (Å²) in [4.78, 5) is 7.04. The summed E-state index contributed by atoms with van der Waals surface area (Å²) in [6.07, 6.45) is 3.93. The molecule has 0 saturated heterocycles. The van der Waals surface area contributed by atoms with Crippen molar-refractivity contribution in [3.05, 3.63) is 72.2 Å². The molecule has 0 saturated carbocycles. The van der Waals surface area contributed by atoms with Crippen molar-refractivity contribution in [2.24, 2.45) is 0 Å². The Kier molecular flexibility index (Phi) is 3.63. The average molecular weight is 368 g/mol. The topological polar surface area (TPSA) is 62.5 Å². The Morgan fingerprint density at radius 3 is 2.54 bits per heavy atom. The van der Waals surface area contributed by atoms with E-state index < -0.39 is 0 Å². The number of H-pyrrole nitrogens is 2. The third-order valence-corrected chi connectivity index (χ3v) is 5.70. The molecule has 0 amide bonds. The highest BCUT2D eigenvalue weighted by Crippen LogP contribution is 2.43. The molecule has 0 bridgehead atoms. The van der Waals surface area contributed by atoms with Gasteiger partial charge < -0.3 is 15.8 Å². The number of nitrogens with two attached hydrogens (primary N) is 1. The lowest BCUT2D eigenvalue weighted by Crippen LogP contribution is -2.04. The highest BCUT2D eigenvalue weighted by atomic mass is 15.3. The minimum absolute atomic E-state index is 0.374. The molecule has 5 rings (SSSR count). The van der Waals surface area contributed by atoms with Crippen LogP contribution in [0.3, 0.4) is 0 Å². The molecule has 0 spiro atoms. The van der Waals surface area contributed by atoms with Crippen molar-refractivity contribution in [2.45, 2.75) is 26.7 Å². The first kappa shape index (κ1) is 16.8. The van der Waals surface area contributed by atoms with E-state index in [-0.39, 0.29) is 0 Å². The van der Waals surface area contributed by atoms with Crippen molar-refractivity contribution in [1.82, 2.24) is 14.6 Å². The fourth-order valence-electron chi connectivity index (χ4n) is 4.49. The van der Waals surface area contributed by atoms with E-state index in [0.717, 1.165) is 11.0 Å². The van der Waals surface area contributed by atoms with Gasteiger partial charge in [0.25, 0.3) is 0 Å². The standard InChI is InChI=1S/C24H24N4/c1-14(2)22-23(18-6-4-8-20-16(18)10-12-26-20)15(3)27-24(22)19-7-5-9-21-17(19)11-13-28(21)25/h4-14,26-27H,25H2,1-3H3. The maximum atomic E-state index is 6.10. The molecule has 0 atom stereocenters. The lowest BCUT2D eigenvalue weighted by atomic mass is 9.89. The Labute approximate surface area is 164 Å². The first-order valence-corrected chi connectivity index (χ1v) is 9.70. The van der Waals surface area contributed by atoms with Gasteiger partial charge in [-0.05, 0) is 48.2 Å². The van der Waals surface area contributed by atoms with Crippen molar-refractivity contribution < 1.29 is 0 Å². The van der Waals surface area contributed by atoms with Crippen LogP contribution >= 0.6 is 0 Å². The van der Waals surface area contributed by atoms with Gasteiger partial charge >= 0.3 is 0 Å². The van der Waals surface area contributed by atoms with E-state index in [0.29, 0.717) is 5.92 Å². The number of benzene rings is 2. The quantitative estimate of drug-likeness (QED) is 0.340. The molecule has 0 radical (unpaired) electrons. The molecule has 4 nitrogen and oxygen atoms in total. The van der Waals surface area contributed by atoms with E-state index >= 15 is 0 Å². The number of nitrogens with one attached hydrogen (secondary N) is 2. The molecular weight excluding hydrogens is 344 g/mol. The number of hydrogen-bond acceptors (Lipinski definition) is 1. The van der Waals surface area contributed by atoms with Gasteiger partial charge in [0.05, 0.1) is 11.2 Å². The van der Waals surface area contributed by atoms with E-state index in [1.165, 1.54) is 44.4 Å². The van der Waals surface area contributed by atoms with Crippen LogP contribution in [0.15, 0.2) is 60.9 Å². The molecule has 5 aromatic rings. The summed E-state index contributed by atoms with van der Waals surface area (Å²) < 4.78 is 1.69. The van der Waals surface area contributed by atoms with E-state index in [9.17, 15) is 0 Å². The number of nitrogen functional groups attached to an aromatic ring is 1. The average Bonchev–Trinajstić information content (AvgIpc) is 3.38. The normalized spacial score (nSPS) is 11.9. The van der Waals surface area contributed by atoms with Gasteiger partial charge in [-0.3, -0.25) is 4.68 Å². The number of fused-ring (bicyclic) bond motifs is 2. The van der Waals surface area contributed by atoms with Crippen LogP contribution < -0.4 is 5.84 Å². The second-order valence-electron chi connectivity index (χ2n) is 7.77. The van der Waals surface area contributed by atoms with E-state index in [1.54, 1.807) is 4.68 Å². The monoisotopic (exact) mass is 368 g/mol. The summed E-state index contributed by atoms with van der Waals surface area (Å²) in [5, 5.41) is 2.42. The minimum atomic E-state index is 0.374. The molecule has 0 unspecified atom stereocenters. The lowest BCUT2D eigenvalue weighted by molar-refractivity contribution is 0.873. The fraction of sp³-hybridized carbons (Fsp3) is 0.167. The molecule has 2 aromatic carbocycles. The third kappa shape index (κ3) is 2.31. The SMILES string of the molecule is Cc1[nH]c(-c2cccc3c2ccn3N)c(C(C)C)c1-c1cccc2[nH]ccc12. The Balaban J connectivity index is 1.84. The van der Waals surface area contributed by atoms with Crippen molar-refractivity contribution in [1.29, 1.82) is 0 Å². The van der Waals surface area contributed by atoms with E-state index in [4.69, 9.17) is 5.84 Å². The molecule has 4 N–H and O–H groups in total. The van der Waals surface area contributed by atoms with Gasteiger partial charge in [0, 0.05) is 45.5 Å². The van der Waals surface area contributed by atoms with Gasteiger partial charge in [-0.1, -0.05) is 38.1 Å². The zero-order valence-corrected chi connectivity index (χ0v) is 16.4. The molecule has 28 heavy (non-hydrogen) atoms. The van der Waals surface area contributed by atoms with Crippen LogP contribution in [0.2, 0.25) is 0 Å². The second kappa shape index (κ2) is 6.06. The number of aromatic nitrogens is 3. The van der Waals surface area contributed by atoms with Crippen LogP contribution in [0.1, 0.15) is 31.0 Å². The number of rotatable bonds is 3. The summed E-state index contributed by atoms with van der Waals surface area (Å²) >= 11 is 0. The van der Waals surface area contributed by atoms with Gasteiger partial charge in [0.2, 0.25) is 0 Å². The Morgan fingerprint density at radius 1 is 0.929 bits per heavy atom. The Morgan fingerprint density at radius 2 is 1.71 bits per heavy atom. The molecule has 3 heterocycles.